The Morgan fingerprint density at radius 3 is 2.74 bits per heavy atom. The molecule has 1 unspecified atom stereocenters. The normalized spacial score (nSPS) is 17.1. The van der Waals surface area contributed by atoms with E-state index in [4.69, 9.17) is 21.1 Å². The lowest BCUT2D eigenvalue weighted by molar-refractivity contribution is -0.134. The first-order valence-electron chi connectivity index (χ1n) is 5.97. The molecule has 6 heteroatoms. The van der Waals surface area contributed by atoms with Gasteiger partial charge in [0.2, 0.25) is 5.91 Å². The first-order chi connectivity index (χ1) is 9.13. The number of ether oxygens (including phenoxy) is 2. The topological polar surface area (TPSA) is 38.8 Å². The van der Waals surface area contributed by atoms with E-state index in [9.17, 15) is 9.18 Å². The smallest absolute Gasteiger partial charge is 0.245 e. The average Bonchev–Trinajstić information content (AvgIpc) is 2.46. The van der Waals surface area contributed by atoms with Gasteiger partial charge in [0.25, 0.3) is 0 Å². The fourth-order valence-electron chi connectivity index (χ4n) is 1.93. The molecular weight excluding hydrogens is 273 g/mol. The molecule has 4 nitrogen and oxygen atoms in total. The van der Waals surface area contributed by atoms with Gasteiger partial charge in [0.15, 0.2) is 11.6 Å². The maximum Gasteiger partial charge on any atom is 0.245 e. The van der Waals surface area contributed by atoms with E-state index < -0.39 is 11.2 Å². The number of rotatable bonds is 3. The van der Waals surface area contributed by atoms with Crippen molar-refractivity contribution in [1.29, 1.82) is 0 Å². The highest BCUT2D eigenvalue weighted by Crippen LogP contribution is 2.27. The van der Waals surface area contributed by atoms with Gasteiger partial charge in [-0.2, -0.15) is 0 Å². The van der Waals surface area contributed by atoms with Gasteiger partial charge in [-0.05, 0) is 17.7 Å². The van der Waals surface area contributed by atoms with Crippen LogP contribution in [0.3, 0.4) is 0 Å². The van der Waals surface area contributed by atoms with E-state index in [1.807, 2.05) is 0 Å². The summed E-state index contributed by atoms with van der Waals surface area (Å²) >= 11 is 6.12. The summed E-state index contributed by atoms with van der Waals surface area (Å²) in [6.07, 6.45) is 0. The van der Waals surface area contributed by atoms with Crippen molar-refractivity contribution in [3.63, 3.8) is 0 Å². The van der Waals surface area contributed by atoms with E-state index in [1.54, 1.807) is 11.0 Å². The van der Waals surface area contributed by atoms with Gasteiger partial charge in [0, 0.05) is 13.1 Å². The minimum atomic E-state index is -0.890. The molecule has 1 aliphatic heterocycles. The van der Waals surface area contributed by atoms with Crippen LogP contribution in [0.5, 0.6) is 5.75 Å². The summed E-state index contributed by atoms with van der Waals surface area (Å²) in [5.41, 5.74) is 0.427. The minimum absolute atomic E-state index is 0.131. The molecule has 0 spiro atoms. The molecule has 1 aromatic carbocycles. The van der Waals surface area contributed by atoms with Crippen LogP contribution in [0.15, 0.2) is 18.2 Å². The second-order valence-electron chi connectivity index (χ2n) is 4.19. The Labute approximate surface area is 116 Å². The summed E-state index contributed by atoms with van der Waals surface area (Å²) in [6, 6.07) is 4.29. The third-order valence-electron chi connectivity index (χ3n) is 3.01. The van der Waals surface area contributed by atoms with E-state index in [0.29, 0.717) is 31.9 Å². The molecule has 0 radical (unpaired) electrons. The lowest BCUT2D eigenvalue weighted by atomic mass is 10.1. The fourth-order valence-corrected chi connectivity index (χ4v) is 2.20. The van der Waals surface area contributed by atoms with Crippen LogP contribution >= 0.6 is 11.6 Å². The highest BCUT2D eigenvalue weighted by molar-refractivity contribution is 6.30. The van der Waals surface area contributed by atoms with Gasteiger partial charge in [-0.15, -0.1) is 11.6 Å². The van der Waals surface area contributed by atoms with E-state index >= 15 is 0 Å². The van der Waals surface area contributed by atoms with E-state index in [-0.39, 0.29) is 11.7 Å². The lowest BCUT2D eigenvalue weighted by Gasteiger charge is -2.28. The molecule has 1 aromatic rings. The first kappa shape index (κ1) is 14.1. The Hall–Kier alpha value is -1.33. The molecule has 19 heavy (non-hydrogen) atoms. The summed E-state index contributed by atoms with van der Waals surface area (Å²) < 4.78 is 23.6. The summed E-state index contributed by atoms with van der Waals surface area (Å²) in [7, 11) is 1.38. The van der Waals surface area contributed by atoms with Gasteiger partial charge in [0.1, 0.15) is 5.38 Å². The first-order valence-corrected chi connectivity index (χ1v) is 6.41. The van der Waals surface area contributed by atoms with Crippen LogP contribution in [0.25, 0.3) is 0 Å². The molecule has 2 rings (SSSR count). The van der Waals surface area contributed by atoms with Crippen molar-refractivity contribution < 1.29 is 18.7 Å². The number of carbonyl (C=O) groups is 1. The van der Waals surface area contributed by atoms with Crippen LogP contribution in [0.4, 0.5) is 4.39 Å². The summed E-state index contributed by atoms with van der Waals surface area (Å²) in [5, 5.41) is -0.890. The van der Waals surface area contributed by atoms with Gasteiger partial charge in [-0.3, -0.25) is 4.79 Å². The van der Waals surface area contributed by atoms with Crippen molar-refractivity contribution in [3.05, 3.63) is 29.6 Å². The number of methoxy groups -OCH3 is 1. The van der Waals surface area contributed by atoms with Crippen LogP contribution < -0.4 is 4.74 Å². The van der Waals surface area contributed by atoms with Gasteiger partial charge < -0.3 is 14.4 Å². The number of nitrogens with zero attached hydrogens (tertiary/aromatic N) is 1. The molecule has 1 saturated heterocycles. The van der Waals surface area contributed by atoms with E-state index in [0.717, 1.165) is 0 Å². The Balaban J connectivity index is 2.11. The number of amides is 1. The van der Waals surface area contributed by atoms with Crippen molar-refractivity contribution in [3.8, 4) is 5.75 Å². The van der Waals surface area contributed by atoms with Crippen LogP contribution in [0.1, 0.15) is 10.9 Å². The number of carbonyl (C=O) groups excluding carboxylic acids is 1. The maximum atomic E-state index is 13.6. The molecule has 1 heterocycles. The van der Waals surface area contributed by atoms with Gasteiger partial charge >= 0.3 is 0 Å². The molecule has 0 aromatic heterocycles. The number of benzene rings is 1. The van der Waals surface area contributed by atoms with Crippen LogP contribution in [-0.4, -0.2) is 44.2 Å². The average molecular weight is 288 g/mol. The summed E-state index contributed by atoms with van der Waals surface area (Å²) in [5.74, 6) is -0.624. The molecule has 1 amide bonds. The second-order valence-corrected chi connectivity index (χ2v) is 4.63. The number of hydrogen-bond donors (Lipinski definition) is 0. The molecule has 1 fully saturated rings. The van der Waals surface area contributed by atoms with E-state index in [1.165, 1.54) is 19.2 Å². The Morgan fingerprint density at radius 2 is 2.16 bits per heavy atom. The number of morpholine rings is 1. The number of halogens is 2. The molecule has 0 bridgehead atoms. The van der Waals surface area contributed by atoms with Gasteiger partial charge in [-0.25, -0.2) is 4.39 Å². The lowest BCUT2D eigenvalue weighted by Crippen LogP contribution is -2.42. The highest BCUT2D eigenvalue weighted by Gasteiger charge is 2.26. The predicted octanol–water partition coefficient (Wildman–Crippen LogP) is 1.97. The molecule has 104 valence electrons. The van der Waals surface area contributed by atoms with Gasteiger partial charge in [-0.1, -0.05) is 6.07 Å². The largest absolute Gasteiger partial charge is 0.494 e. The zero-order valence-electron chi connectivity index (χ0n) is 10.6. The summed E-state index contributed by atoms with van der Waals surface area (Å²) in [4.78, 5) is 13.8. The highest BCUT2D eigenvalue weighted by atomic mass is 35.5. The Kier molecular flexibility index (Phi) is 4.61. The van der Waals surface area contributed by atoms with Crippen LogP contribution in [0.2, 0.25) is 0 Å². The number of alkyl halides is 1. The molecular formula is C13H15ClFNO3. The minimum Gasteiger partial charge on any atom is -0.494 e. The van der Waals surface area contributed by atoms with Crippen LogP contribution in [0, 0.1) is 5.82 Å². The molecule has 1 atom stereocenters. The molecule has 0 aliphatic carbocycles. The zero-order chi connectivity index (χ0) is 13.8. The van der Waals surface area contributed by atoms with E-state index in [2.05, 4.69) is 0 Å². The third kappa shape index (κ3) is 3.16. The monoisotopic (exact) mass is 287 g/mol. The molecule has 0 N–H and O–H groups in total. The zero-order valence-corrected chi connectivity index (χ0v) is 11.3. The van der Waals surface area contributed by atoms with Crippen molar-refractivity contribution in [2.45, 2.75) is 5.38 Å². The predicted molar refractivity (Wildman–Crippen MR) is 68.9 cm³/mol. The molecule has 1 aliphatic rings. The fraction of sp³-hybridized carbons (Fsp3) is 0.462. The second kappa shape index (κ2) is 6.21. The molecule has 0 saturated carbocycles. The van der Waals surface area contributed by atoms with Crippen LogP contribution in [-0.2, 0) is 9.53 Å². The SMILES string of the molecule is COc1ccc(C(Cl)C(=O)N2CCOCC2)cc1F. The van der Waals surface area contributed by atoms with Crippen molar-refractivity contribution in [1.82, 2.24) is 4.90 Å². The maximum absolute atomic E-state index is 13.6. The third-order valence-corrected chi connectivity index (χ3v) is 3.45. The Bertz CT molecular complexity index is 463. The quantitative estimate of drug-likeness (QED) is 0.798. The number of hydrogen-bond acceptors (Lipinski definition) is 3. The van der Waals surface area contributed by atoms with Crippen molar-refractivity contribution in [2.24, 2.45) is 0 Å². The standard InChI is InChI=1S/C13H15ClFNO3/c1-18-11-3-2-9(8-10(11)15)12(14)13(17)16-4-6-19-7-5-16/h2-3,8,12H,4-7H2,1H3. The Morgan fingerprint density at radius 1 is 1.47 bits per heavy atom. The van der Waals surface area contributed by atoms with Crippen molar-refractivity contribution in [2.75, 3.05) is 33.4 Å². The van der Waals surface area contributed by atoms with Crippen molar-refractivity contribution >= 4 is 17.5 Å². The summed E-state index contributed by atoms with van der Waals surface area (Å²) in [6.45, 7) is 2.04. The van der Waals surface area contributed by atoms with Gasteiger partial charge in [0.05, 0.1) is 20.3 Å².